The molecule has 0 aliphatic carbocycles. The molecule has 2 aromatic rings. The van der Waals surface area contributed by atoms with Crippen molar-refractivity contribution in [1.29, 1.82) is 0 Å². The van der Waals surface area contributed by atoms with Gasteiger partial charge >= 0.3 is 0 Å². The van der Waals surface area contributed by atoms with Crippen LogP contribution in [0.25, 0.3) is 0 Å². The van der Waals surface area contributed by atoms with Gasteiger partial charge in [-0.05, 0) is 30.3 Å². The van der Waals surface area contributed by atoms with Crippen molar-refractivity contribution < 1.29 is 4.79 Å². The Labute approximate surface area is 113 Å². The van der Waals surface area contributed by atoms with E-state index in [2.05, 4.69) is 10.3 Å². The summed E-state index contributed by atoms with van der Waals surface area (Å²) >= 11 is 0. The third-order valence-electron chi connectivity index (χ3n) is 2.87. The molecule has 1 N–H and O–H groups in total. The lowest BCUT2D eigenvalue weighted by Gasteiger charge is -2.17. The average Bonchev–Trinajstić information content (AvgIpc) is 2.47. The summed E-state index contributed by atoms with van der Waals surface area (Å²) in [5.74, 6) is -0.0113. The number of nitrogens with one attached hydrogen (secondary N) is 1. The van der Waals surface area contributed by atoms with Gasteiger partial charge in [0.2, 0.25) is 0 Å². The molecule has 0 fully saturated rings. The molecular formula is C15H17N3O. The maximum Gasteiger partial charge on any atom is 0.254 e. The zero-order valence-corrected chi connectivity index (χ0v) is 11.1. The highest BCUT2D eigenvalue weighted by molar-refractivity contribution is 5.94. The van der Waals surface area contributed by atoms with Gasteiger partial charge in [-0.2, -0.15) is 0 Å². The third-order valence-corrected chi connectivity index (χ3v) is 2.87. The number of nitrogens with zero attached hydrogens (tertiary/aromatic N) is 2. The van der Waals surface area contributed by atoms with E-state index < -0.39 is 0 Å². The Bertz CT molecular complexity index is 554. The fourth-order valence-electron chi connectivity index (χ4n) is 1.83. The molecule has 0 radical (unpaired) electrons. The zero-order chi connectivity index (χ0) is 13.7. The first-order chi connectivity index (χ1) is 9.20. The molecule has 0 saturated carbocycles. The summed E-state index contributed by atoms with van der Waals surface area (Å²) in [7, 11) is 3.62. The normalized spacial score (nSPS) is 10.0. The zero-order valence-electron chi connectivity index (χ0n) is 11.1. The smallest absolute Gasteiger partial charge is 0.254 e. The fraction of sp³-hybridized carbons (Fsp3) is 0.200. The number of hydrogen-bond donors (Lipinski definition) is 1. The first kappa shape index (κ1) is 13.1. The molecule has 1 heterocycles. The number of anilines is 1. The number of hydrogen-bond acceptors (Lipinski definition) is 3. The molecule has 0 bridgehead atoms. The molecule has 0 saturated heterocycles. The van der Waals surface area contributed by atoms with E-state index in [9.17, 15) is 4.79 Å². The van der Waals surface area contributed by atoms with Crippen molar-refractivity contribution in [2.45, 2.75) is 6.54 Å². The molecule has 19 heavy (non-hydrogen) atoms. The second kappa shape index (κ2) is 6.00. The number of carbonyl (C=O) groups excluding carboxylic acids is 1. The molecule has 2 rings (SSSR count). The second-order valence-electron chi connectivity index (χ2n) is 4.31. The number of benzene rings is 1. The Kier molecular flexibility index (Phi) is 4.13. The van der Waals surface area contributed by atoms with Crippen LogP contribution < -0.4 is 5.32 Å². The van der Waals surface area contributed by atoms with E-state index in [0.29, 0.717) is 12.1 Å². The second-order valence-corrected chi connectivity index (χ2v) is 4.31. The number of pyridine rings is 1. The summed E-state index contributed by atoms with van der Waals surface area (Å²) in [6, 6.07) is 13.1. The van der Waals surface area contributed by atoms with Crippen molar-refractivity contribution in [3.05, 3.63) is 59.9 Å². The molecule has 0 aliphatic heterocycles. The van der Waals surface area contributed by atoms with Crippen LogP contribution in [0.3, 0.4) is 0 Å². The van der Waals surface area contributed by atoms with Crippen molar-refractivity contribution in [2.24, 2.45) is 0 Å². The van der Waals surface area contributed by atoms with Crippen molar-refractivity contribution in [2.75, 3.05) is 19.4 Å². The van der Waals surface area contributed by atoms with Crippen molar-refractivity contribution in [3.63, 3.8) is 0 Å². The Morgan fingerprint density at radius 3 is 2.79 bits per heavy atom. The van der Waals surface area contributed by atoms with Gasteiger partial charge in [-0.15, -0.1) is 0 Å². The molecule has 0 aliphatic rings. The van der Waals surface area contributed by atoms with Crippen LogP contribution in [0, 0.1) is 0 Å². The summed E-state index contributed by atoms with van der Waals surface area (Å²) in [5.41, 5.74) is 2.48. The van der Waals surface area contributed by atoms with E-state index in [1.807, 2.05) is 49.5 Å². The first-order valence-corrected chi connectivity index (χ1v) is 6.14. The van der Waals surface area contributed by atoms with Crippen LogP contribution in [0.15, 0.2) is 48.7 Å². The maximum atomic E-state index is 12.3. The molecule has 4 heteroatoms. The molecule has 1 amide bonds. The molecule has 1 aromatic heterocycles. The predicted molar refractivity (Wildman–Crippen MR) is 76.0 cm³/mol. The molecule has 0 unspecified atom stereocenters. The first-order valence-electron chi connectivity index (χ1n) is 6.14. The maximum absolute atomic E-state index is 12.3. The summed E-state index contributed by atoms with van der Waals surface area (Å²) in [6.45, 7) is 0.503. The van der Waals surface area contributed by atoms with Crippen LogP contribution in [0.1, 0.15) is 16.1 Å². The largest absolute Gasteiger partial charge is 0.388 e. The fourth-order valence-corrected chi connectivity index (χ4v) is 1.83. The van der Waals surface area contributed by atoms with Crippen LogP contribution in [0.2, 0.25) is 0 Å². The van der Waals surface area contributed by atoms with Gasteiger partial charge in [-0.25, -0.2) is 0 Å². The van der Waals surface area contributed by atoms with Crippen LogP contribution in [0.4, 0.5) is 5.69 Å². The van der Waals surface area contributed by atoms with Gasteiger partial charge < -0.3 is 10.2 Å². The number of carbonyl (C=O) groups is 1. The van der Waals surface area contributed by atoms with Gasteiger partial charge in [0.05, 0.1) is 12.2 Å². The lowest BCUT2D eigenvalue weighted by molar-refractivity contribution is 0.0783. The highest BCUT2D eigenvalue weighted by Crippen LogP contribution is 2.12. The van der Waals surface area contributed by atoms with Crippen LogP contribution in [0.5, 0.6) is 0 Å². The van der Waals surface area contributed by atoms with Crippen molar-refractivity contribution >= 4 is 11.6 Å². The molecule has 1 aromatic carbocycles. The lowest BCUT2D eigenvalue weighted by atomic mass is 10.1. The quantitative estimate of drug-likeness (QED) is 0.912. The summed E-state index contributed by atoms with van der Waals surface area (Å²) in [5, 5.41) is 3.03. The van der Waals surface area contributed by atoms with E-state index in [-0.39, 0.29) is 5.91 Å². The van der Waals surface area contributed by atoms with Gasteiger partial charge in [-0.1, -0.05) is 12.1 Å². The molecule has 98 valence electrons. The number of rotatable bonds is 4. The molecule has 4 nitrogen and oxygen atoms in total. The van der Waals surface area contributed by atoms with Gasteiger partial charge in [0.1, 0.15) is 0 Å². The minimum absolute atomic E-state index is 0.0113. The van der Waals surface area contributed by atoms with Crippen LogP contribution >= 0.6 is 0 Å². The minimum Gasteiger partial charge on any atom is -0.388 e. The Hall–Kier alpha value is -2.36. The van der Waals surface area contributed by atoms with Gasteiger partial charge in [0.25, 0.3) is 5.91 Å². The van der Waals surface area contributed by atoms with E-state index >= 15 is 0 Å². The molecular weight excluding hydrogens is 238 g/mol. The monoisotopic (exact) mass is 255 g/mol. The Morgan fingerprint density at radius 2 is 2.11 bits per heavy atom. The average molecular weight is 255 g/mol. The standard InChI is InChI=1S/C15H17N3O/c1-16-13-8-5-6-12(10-13)15(19)18(2)11-14-7-3-4-9-17-14/h3-10,16H,11H2,1-2H3. The van der Waals surface area contributed by atoms with E-state index in [1.165, 1.54) is 0 Å². The van der Waals surface area contributed by atoms with Gasteiger partial charge in [0, 0.05) is 31.5 Å². The highest BCUT2D eigenvalue weighted by Gasteiger charge is 2.12. The van der Waals surface area contributed by atoms with E-state index in [4.69, 9.17) is 0 Å². The van der Waals surface area contributed by atoms with Crippen molar-refractivity contribution in [3.8, 4) is 0 Å². The van der Waals surface area contributed by atoms with Gasteiger partial charge in [0.15, 0.2) is 0 Å². The van der Waals surface area contributed by atoms with E-state index in [0.717, 1.165) is 11.4 Å². The summed E-state index contributed by atoms with van der Waals surface area (Å²) < 4.78 is 0. The Morgan fingerprint density at radius 1 is 1.26 bits per heavy atom. The summed E-state index contributed by atoms with van der Waals surface area (Å²) in [6.07, 6.45) is 1.73. The lowest BCUT2D eigenvalue weighted by Crippen LogP contribution is -2.26. The summed E-state index contributed by atoms with van der Waals surface area (Å²) in [4.78, 5) is 18.2. The predicted octanol–water partition coefficient (Wildman–Crippen LogP) is 2.40. The van der Waals surface area contributed by atoms with Crippen LogP contribution in [-0.2, 0) is 6.54 Å². The van der Waals surface area contributed by atoms with E-state index in [1.54, 1.807) is 18.1 Å². The topological polar surface area (TPSA) is 45.2 Å². The number of amides is 1. The highest BCUT2D eigenvalue weighted by atomic mass is 16.2. The van der Waals surface area contributed by atoms with Gasteiger partial charge in [-0.3, -0.25) is 9.78 Å². The molecule has 0 spiro atoms. The van der Waals surface area contributed by atoms with Crippen molar-refractivity contribution in [1.82, 2.24) is 9.88 Å². The third kappa shape index (κ3) is 3.31. The molecule has 0 atom stereocenters. The SMILES string of the molecule is CNc1cccc(C(=O)N(C)Cc2ccccn2)c1. The number of aromatic nitrogens is 1. The van der Waals surface area contributed by atoms with Crippen LogP contribution in [-0.4, -0.2) is 29.9 Å². The Balaban J connectivity index is 2.10. The minimum atomic E-state index is -0.0113.